The third-order valence-corrected chi connectivity index (χ3v) is 3.72. The Bertz CT molecular complexity index is 325. The molecule has 0 aromatic carbocycles. The maximum atomic E-state index is 11.6. The standard InChI is InChI=1S/C20H38O4/c1-19(2,3)13-9-7-11-17(21)23-15-16-24-18(22)12-8-10-14-20(4,5)6/h7-16H2,1-6H3. The number of carbonyl (C=O) groups excluding carboxylic acids is 2. The van der Waals surface area contributed by atoms with E-state index in [-0.39, 0.29) is 25.2 Å². The van der Waals surface area contributed by atoms with E-state index in [1.165, 1.54) is 0 Å². The summed E-state index contributed by atoms with van der Waals surface area (Å²) in [6.07, 6.45) is 6.85. The van der Waals surface area contributed by atoms with E-state index in [2.05, 4.69) is 41.5 Å². The molecule has 0 amide bonds. The largest absolute Gasteiger partial charge is 0.462 e. The zero-order valence-electron chi connectivity index (χ0n) is 16.7. The Hall–Kier alpha value is -1.06. The fourth-order valence-electron chi connectivity index (χ4n) is 2.30. The van der Waals surface area contributed by atoms with Crippen LogP contribution in [0.4, 0.5) is 0 Å². The van der Waals surface area contributed by atoms with Gasteiger partial charge in [-0.2, -0.15) is 0 Å². The molecular weight excluding hydrogens is 304 g/mol. The van der Waals surface area contributed by atoms with E-state index in [0.29, 0.717) is 23.7 Å². The van der Waals surface area contributed by atoms with Crippen LogP contribution in [0.1, 0.15) is 92.9 Å². The highest BCUT2D eigenvalue weighted by atomic mass is 16.6. The van der Waals surface area contributed by atoms with Crippen LogP contribution in [0.3, 0.4) is 0 Å². The summed E-state index contributed by atoms with van der Waals surface area (Å²) >= 11 is 0. The van der Waals surface area contributed by atoms with Gasteiger partial charge in [-0.15, -0.1) is 0 Å². The summed E-state index contributed by atoms with van der Waals surface area (Å²) in [6.45, 7) is 13.5. The highest BCUT2D eigenvalue weighted by Gasteiger charge is 2.12. The molecule has 0 atom stereocenters. The van der Waals surface area contributed by atoms with Gasteiger partial charge >= 0.3 is 11.9 Å². The van der Waals surface area contributed by atoms with Crippen LogP contribution in [0.25, 0.3) is 0 Å². The first kappa shape index (κ1) is 22.9. The Morgan fingerprint density at radius 1 is 0.625 bits per heavy atom. The van der Waals surface area contributed by atoms with Gasteiger partial charge in [0.05, 0.1) is 0 Å². The molecule has 0 aliphatic rings. The summed E-state index contributed by atoms with van der Waals surface area (Å²) in [6, 6.07) is 0. The van der Waals surface area contributed by atoms with Crippen molar-refractivity contribution < 1.29 is 19.1 Å². The van der Waals surface area contributed by atoms with Crippen molar-refractivity contribution in [2.24, 2.45) is 10.8 Å². The van der Waals surface area contributed by atoms with Gasteiger partial charge in [0.25, 0.3) is 0 Å². The summed E-state index contributed by atoms with van der Waals surface area (Å²) in [4.78, 5) is 23.1. The van der Waals surface area contributed by atoms with Gasteiger partial charge in [-0.3, -0.25) is 9.59 Å². The Morgan fingerprint density at radius 3 is 1.25 bits per heavy atom. The molecule has 142 valence electrons. The van der Waals surface area contributed by atoms with Crippen molar-refractivity contribution in [2.45, 2.75) is 92.9 Å². The van der Waals surface area contributed by atoms with Crippen molar-refractivity contribution in [1.29, 1.82) is 0 Å². The highest BCUT2D eigenvalue weighted by Crippen LogP contribution is 2.22. The number of hydrogen-bond acceptors (Lipinski definition) is 4. The summed E-state index contributed by atoms with van der Waals surface area (Å²) in [5, 5.41) is 0. The third-order valence-electron chi connectivity index (χ3n) is 3.72. The van der Waals surface area contributed by atoms with E-state index in [0.717, 1.165) is 38.5 Å². The van der Waals surface area contributed by atoms with Gasteiger partial charge in [-0.05, 0) is 36.5 Å². The van der Waals surface area contributed by atoms with Crippen molar-refractivity contribution in [2.75, 3.05) is 13.2 Å². The molecule has 0 radical (unpaired) electrons. The first-order valence-electron chi connectivity index (χ1n) is 9.31. The average molecular weight is 343 g/mol. The maximum absolute atomic E-state index is 11.6. The molecule has 0 aliphatic heterocycles. The zero-order valence-corrected chi connectivity index (χ0v) is 16.7. The van der Waals surface area contributed by atoms with E-state index in [1.807, 2.05) is 0 Å². The quantitative estimate of drug-likeness (QED) is 0.378. The summed E-state index contributed by atoms with van der Waals surface area (Å²) in [5.41, 5.74) is 0.621. The van der Waals surface area contributed by atoms with Crippen LogP contribution >= 0.6 is 0 Å². The molecule has 0 saturated carbocycles. The van der Waals surface area contributed by atoms with Gasteiger partial charge in [0.15, 0.2) is 0 Å². The molecule has 0 N–H and O–H groups in total. The molecule has 4 heteroatoms. The normalized spacial score (nSPS) is 12.1. The average Bonchev–Trinajstić information content (AvgIpc) is 2.42. The lowest BCUT2D eigenvalue weighted by molar-refractivity contribution is -0.152. The van der Waals surface area contributed by atoms with Gasteiger partial charge in [0.1, 0.15) is 13.2 Å². The number of ether oxygens (including phenoxy) is 2. The molecule has 4 nitrogen and oxygen atoms in total. The fourth-order valence-corrected chi connectivity index (χ4v) is 2.30. The SMILES string of the molecule is CC(C)(C)CCCCC(=O)OCCOC(=O)CCCCC(C)(C)C. The van der Waals surface area contributed by atoms with Gasteiger partial charge in [0, 0.05) is 12.8 Å². The topological polar surface area (TPSA) is 52.6 Å². The van der Waals surface area contributed by atoms with E-state index in [9.17, 15) is 9.59 Å². The molecule has 0 aliphatic carbocycles. The minimum atomic E-state index is -0.204. The Kier molecular flexibility index (Phi) is 11.0. The van der Waals surface area contributed by atoms with Crippen molar-refractivity contribution in [3.63, 3.8) is 0 Å². The van der Waals surface area contributed by atoms with E-state index in [1.54, 1.807) is 0 Å². The van der Waals surface area contributed by atoms with Gasteiger partial charge in [-0.1, -0.05) is 54.4 Å². The minimum Gasteiger partial charge on any atom is -0.462 e. The molecule has 24 heavy (non-hydrogen) atoms. The number of rotatable bonds is 11. The Balaban J connectivity index is 3.50. The van der Waals surface area contributed by atoms with E-state index in [4.69, 9.17) is 9.47 Å². The zero-order chi connectivity index (χ0) is 18.6. The molecule has 0 spiro atoms. The molecule has 0 bridgehead atoms. The molecule has 0 saturated heterocycles. The fraction of sp³-hybridized carbons (Fsp3) is 0.900. The lowest BCUT2D eigenvalue weighted by atomic mass is 9.89. The highest BCUT2D eigenvalue weighted by molar-refractivity contribution is 5.70. The Morgan fingerprint density at radius 2 is 0.958 bits per heavy atom. The van der Waals surface area contributed by atoms with Crippen molar-refractivity contribution >= 4 is 11.9 Å². The number of hydrogen-bond donors (Lipinski definition) is 0. The minimum absolute atomic E-state index is 0.159. The second-order valence-electron chi connectivity index (χ2n) is 8.98. The lowest BCUT2D eigenvalue weighted by Gasteiger charge is -2.17. The first-order valence-corrected chi connectivity index (χ1v) is 9.31. The van der Waals surface area contributed by atoms with Crippen molar-refractivity contribution in [1.82, 2.24) is 0 Å². The van der Waals surface area contributed by atoms with Crippen LogP contribution in [0.15, 0.2) is 0 Å². The lowest BCUT2D eigenvalue weighted by Crippen LogP contribution is -2.14. The molecule has 0 fully saturated rings. The second-order valence-corrected chi connectivity index (χ2v) is 8.98. The number of unbranched alkanes of at least 4 members (excludes halogenated alkanes) is 2. The Labute approximate surface area is 148 Å². The van der Waals surface area contributed by atoms with Gasteiger partial charge < -0.3 is 9.47 Å². The summed E-state index contributed by atoms with van der Waals surface area (Å²) < 4.78 is 10.2. The molecule has 0 rings (SSSR count). The maximum Gasteiger partial charge on any atom is 0.305 e. The summed E-state index contributed by atoms with van der Waals surface area (Å²) in [7, 11) is 0. The van der Waals surface area contributed by atoms with Gasteiger partial charge in [-0.25, -0.2) is 0 Å². The van der Waals surface area contributed by atoms with Crippen LogP contribution in [-0.4, -0.2) is 25.2 Å². The van der Waals surface area contributed by atoms with E-state index < -0.39 is 0 Å². The number of carbonyl (C=O) groups is 2. The van der Waals surface area contributed by atoms with Crippen LogP contribution in [-0.2, 0) is 19.1 Å². The van der Waals surface area contributed by atoms with Gasteiger partial charge in [0.2, 0.25) is 0 Å². The number of esters is 2. The van der Waals surface area contributed by atoms with Crippen molar-refractivity contribution in [3.05, 3.63) is 0 Å². The molecule has 0 aromatic heterocycles. The van der Waals surface area contributed by atoms with E-state index >= 15 is 0 Å². The van der Waals surface area contributed by atoms with Crippen molar-refractivity contribution in [3.8, 4) is 0 Å². The van der Waals surface area contributed by atoms with Crippen LogP contribution < -0.4 is 0 Å². The monoisotopic (exact) mass is 342 g/mol. The molecule has 0 unspecified atom stereocenters. The molecule has 0 heterocycles. The first-order chi connectivity index (χ1) is 11.0. The molecular formula is C20H38O4. The smallest absolute Gasteiger partial charge is 0.305 e. The van der Waals surface area contributed by atoms with Crippen LogP contribution in [0, 0.1) is 10.8 Å². The predicted octanol–water partition coefficient (Wildman–Crippen LogP) is 5.29. The molecule has 0 aromatic rings. The predicted molar refractivity (Wildman–Crippen MR) is 97.8 cm³/mol. The second kappa shape index (κ2) is 11.5. The summed E-state index contributed by atoms with van der Waals surface area (Å²) in [5.74, 6) is -0.407. The van der Waals surface area contributed by atoms with Crippen LogP contribution in [0.5, 0.6) is 0 Å². The van der Waals surface area contributed by atoms with Crippen LogP contribution in [0.2, 0.25) is 0 Å². The third kappa shape index (κ3) is 17.3.